The van der Waals surface area contributed by atoms with E-state index in [9.17, 15) is 9.59 Å². The Morgan fingerprint density at radius 1 is 1.00 bits per heavy atom. The molecule has 0 radical (unpaired) electrons. The fraction of sp³-hybridized carbons (Fsp3) is 0.440. The van der Waals surface area contributed by atoms with Crippen molar-refractivity contribution in [3.63, 3.8) is 0 Å². The first-order chi connectivity index (χ1) is 14.8. The molecule has 1 fully saturated rings. The largest absolute Gasteiger partial charge is 0.449 e. The van der Waals surface area contributed by atoms with E-state index in [1.54, 1.807) is 4.90 Å². The fourth-order valence-electron chi connectivity index (χ4n) is 4.40. The van der Waals surface area contributed by atoms with E-state index in [4.69, 9.17) is 9.47 Å². The molecule has 1 atom stereocenters. The minimum absolute atomic E-state index is 0.00599. The van der Waals surface area contributed by atoms with Gasteiger partial charge in [0.15, 0.2) is 0 Å². The van der Waals surface area contributed by atoms with Crippen LogP contribution in [0.4, 0.5) is 9.59 Å². The van der Waals surface area contributed by atoms with E-state index >= 15 is 0 Å². The van der Waals surface area contributed by atoms with Crippen LogP contribution in [0.25, 0.3) is 11.1 Å². The van der Waals surface area contributed by atoms with Gasteiger partial charge in [0.25, 0.3) is 0 Å². The molecule has 1 N–H and O–H groups in total. The van der Waals surface area contributed by atoms with Crippen LogP contribution >= 0.6 is 0 Å². The molecular formula is C25H30N2O4. The van der Waals surface area contributed by atoms with Gasteiger partial charge in [-0.25, -0.2) is 9.59 Å². The second kappa shape index (κ2) is 8.61. The lowest BCUT2D eigenvalue weighted by Gasteiger charge is -2.36. The highest BCUT2D eigenvalue weighted by molar-refractivity contribution is 5.79. The van der Waals surface area contributed by atoms with Crippen molar-refractivity contribution in [1.29, 1.82) is 0 Å². The van der Waals surface area contributed by atoms with Crippen molar-refractivity contribution in [2.75, 3.05) is 13.2 Å². The predicted octanol–water partition coefficient (Wildman–Crippen LogP) is 5.27. The van der Waals surface area contributed by atoms with Crippen LogP contribution in [-0.2, 0) is 9.47 Å². The van der Waals surface area contributed by atoms with Crippen molar-refractivity contribution in [2.45, 2.75) is 57.7 Å². The molecule has 0 spiro atoms. The van der Waals surface area contributed by atoms with Gasteiger partial charge in [0.1, 0.15) is 18.4 Å². The predicted molar refractivity (Wildman–Crippen MR) is 119 cm³/mol. The SMILES string of the molecule is CC(C)(C)OC(=O)N1CCCCC1NC(=O)OCC1c2ccccc2-c2ccccc21. The summed E-state index contributed by atoms with van der Waals surface area (Å²) in [5.74, 6) is 0.00599. The molecule has 1 aliphatic carbocycles. The third-order valence-electron chi connectivity index (χ3n) is 5.76. The van der Waals surface area contributed by atoms with Gasteiger partial charge < -0.3 is 14.8 Å². The molecule has 1 saturated heterocycles. The molecule has 2 aromatic carbocycles. The summed E-state index contributed by atoms with van der Waals surface area (Å²) in [6.07, 6.45) is 1.18. The van der Waals surface area contributed by atoms with Crippen molar-refractivity contribution in [2.24, 2.45) is 0 Å². The van der Waals surface area contributed by atoms with Crippen LogP contribution < -0.4 is 5.32 Å². The number of carbonyl (C=O) groups is 2. The molecule has 2 aromatic rings. The highest BCUT2D eigenvalue weighted by atomic mass is 16.6. The Morgan fingerprint density at radius 3 is 2.23 bits per heavy atom. The van der Waals surface area contributed by atoms with Crippen LogP contribution in [0.2, 0.25) is 0 Å². The average molecular weight is 423 g/mol. The van der Waals surface area contributed by atoms with Crippen LogP contribution in [0.15, 0.2) is 48.5 Å². The Balaban J connectivity index is 1.40. The summed E-state index contributed by atoms with van der Waals surface area (Å²) >= 11 is 0. The zero-order valence-corrected chi connectivity index (χ0v) is 18.4. The first-order valence-electron chi connectivity index (χ1n) is 10.9. The van der Waals surface area contributed by atoms with Gasteiger partial charge in [-0.05, 0) is 62.3 Å². The van der Waals surface area contributed by atoms with Gasteiger partial charge in [-0.2, -0.15) is 0 Å². The van der Waals surface area contributed by atoms with Gasteiger partial charge in [-0.1, -0.05) is 48.5 Å². The maximum Gasteiger partial charge on any atom is 0.411 e. The second-order valence-electron chi connectivity index (χ2n) is 9.16. The molecule has 1 unspecified atom stereocenters. The highest BCUT2D eigenvalue weighted by Gasteiger charge is 2.33. The number of benzene rings is 2. The monoisotopic (exact) mass is 422 g/mol. The maximum absolute atomic E-state index is 12.6. The third-order valence-corrected chi connectivity index (χ3v) is 5.76. The van der Waals surface area contributed by atoms with Crippen molar-refractivity contribution >= 4 is 12.2 Å². The number of alkyl carbamates (subject to hydrolysis) is 1. The number of amides is 2. The Morgan fingerprint density at radius 2 is 1.61 bits per heavy atom. The van der Waals surface area contributed by atoms with Crippen molar-refractivity contribution in [3.05, 3.63) is 59.7 Å². The quantitative estimate of drug-likeness (QED) is 0.731. The minimum Gasteiger partial charge on any atom is -0.449 e. The molecule has 0 aromatic heterocycles. The lowest BCUT2D eigenvalue weighted by Crippen LogP contribution is -2.54. The van der Waals surface area contributed by atoms with Crippen LogP contribution in [0.1, 0.15) is 57.1 Å². The Labute approximate surface area is 183 Å². The number of hydrogen-bond donors (Lipinski definition) is 1. The lowest BCUT2D eigenvalue weighted by atomic mass is 9.98. The van der Waals surface area contributed by atoms with Gasteiger partial charge >= 0.3 is 12.2 Å². The van der Waals surface area contributed by atoms with Gasteiger partial charge in [-0.15, -0.1) is 0 Å². The molecule has 1 heterocycles. The van der Waals surface area contributed by atoms with E-state index in [0.29, 0.717) is 13.0 Å². The number of piperidine rings is 1. The minimum atomic E-state index is -0.581. The molecule has 2 amide bonds. The number of hydrogen-bond acceptors (Lipinski definition) is 4. The number of nitrogens with one attached hydrogen (secondary N) is 1. The number of nitrogens with zero attached hydrogens (tertiary/aromatic N) is 1. The molecule has 164 valence electrons. The number of carbonyl (C=O) groups excluding carboxylic acids is 2. The average Bonchev–Trinajstić information content (AvgIpc) is 3.05. The Bertz CT molecular complexity index is 920. The van der Waals surface area contributed by atoms with E-state index in [2.05, 4.69) is 29.6 Å². The Hall–Kier alpha value is -3.02. The first-order valence-corrected chi connectivity index (χ1v) is 10.9. The highest BCUT2D eigenvalue weighted by Crippen LogP contribution is 2.44. The van der Waals surface area contributed by atoms with Gasteiger partial charge in [0.05, 0.1) is 0 Å². The Kier molecular flexibility index (Phi) is 5.90. The molecule has 6 heteroatoms. The van der Waals surface area contributed by atoms with E-state index in [1.807, 2.05) is 45.0 Å². The second-order valence-corrected chi connectivity index (χ2v) is 9.16. The van der Waals surface area contributed by atoms with Crippen LogP contribution in [0, 0.1) is 0 Å². The van der Waals surface area contributed by atoms with Crippen LogP contribution in [-0.4, -0.2) is 42.0 Å². The smallest absolute Gasteiger partial charge is 0.411 e. The molecule has 31 heavy (non-hydrogen) atoms. The van der Waals surface area contributed by atoms with Crippen LogP contribution in [0.3, 0.4) is 0 Å². The fourth-order valence-corrected chi connectivity index (χ4v) is 4.40. The molecule has 4 rings (SSSR count). The number of ether oxygens (including phenoxy) is 2. The summed E-state index contributed by atoms with van der Waals surface area (Å²) in [7, 11) is 0. The van der Waals surface area contributed by atoms with Crippen molar-refractivity contribution < 1.29 is 19.1 Å². The van der Waals surface area contributed by atoms with Gasteiger partial charge in [0.2, 0.25) is 0 Å². The lowest BCUT2D eigenvalue weighted by molar-refractivity contribution is 0.00532. The maximum atomic E-state index is 12.6. The molecular weight excluding hydrogens is 392 g/mol. The summed E-state index contributed by atoms with van der Waals surface area (Å²) in [6.45, 7) is 6.32. The molecule has 0 bridgehead atoms. The van der Waals surface area contributed by atoms with Crippen molar-refractivity contribution in [3.8, 4) is 11.1 Å². The summed E-state index contributed by atoms with van der Waals surface area (Å²) in [4.78, 5) is 26.8. The standard InChI is InChI=1S/C25H30N2O4/c1-25(2,3)31-24(29)27-15-9-8-14-22(27)26-23(28)30-16-21-19-12-6-4-10-17(19)18-11-5-7-13-20(18)21/h4-7,10-13,21-22H,8-9,14-16H2,1-3H3,(H,26,28). The van der Waals surface area contributed by atoms with E-state index in [-0.39, 0.29) is 12.5 Å². The van der Waals surface area contributed by atoms with E-state index in [1.165, 1.54) is 22.3 Å². The molecule has 2 aliphatic rings. The van der Waals surface area contributed by atoms with Gasteiger partial charge in [-0.3, -0.25) is 4.90 Å². The number of likely N-dealkylation sites (tertiary alicyclic amines) is 1. The zero-order valence-electron chi connectivity index (χ0n) is 18.4. The summed E-state index contributed by atoms with van der Waals surface area (Å²) in [5.41, 5.74) is 4.14. The number of fused-ring (bicyclic) bond motifs is 3. The summed E-state index contributed by atoms with van der Waals surface area (Å²) in [5, 5.41) is 2.87. The van der Waals surface area contributed by atoms with Crippen LogP contribution in [0.5, 0.6) is 0 Å². The molecule has 6 nitrogen and oxygen atoms in total. The summed E-state index contributed by atoms with van der Waals surface area (Å²) in [6, 6.07) is 16.5. The third kappa shape index (κ3) is 4.68. The van der Waals surface area contributed by atoms with Crippen molar-refractivity contribution in [1.82, 2.24) is 10.2 Å². The topological polar surface area (TPSA) is 67.9 Å². The van der Waals surface area contributed by atoms with E-state index < -0.39 is 24.0 Å². The molecule has 1 aliphatic heterocycles. The molecule has 0 saturated carbocycles. The number of rotatable bonds is 3. The first kappa shape index (κ1) is 21.2. The normalized spacial score (nSPS) is 18.2. The van der Waals surface area contributed by atoms with E-state index in [0.717, 1.165) is 12.8 Å². The zero-order chi connectivity index (χ0) is 22.0. The summed E-state index contributed by atoms with van der Waals surface area (Å²) < 4.78 is 11.1. The van der Waals surface area contributed by atoms with Gasteiger partial charge in [0, 0.05) is 12.5 Å².